The number of amides is 2. The van der Waals surface area contributed by atoms with Crippen LogP contribution in [0.25, 0.3) is 0 Å². The lowest BCUT2D eigenvalue weighted by molar-refractivity contribution is -0.142. The number of furan rings is 1. The predicted molar refractivity (Wildman–Crippen MR) is 144 cm³/mol. The van der Waals surface area contributed by atoms with Crippen molar-refractivity contribution >= 4 is 23.2 Å². The summed E-state index contributed by atoms with van der Waals surface area (Å²) in [5.74, 6) is 1.18. The van der Waals surface area contributed by atoms with Crippen LogP contribution in [0.4, 0.5) is 0 Å². The van der Waals surface area contributed by atoms with Crippen molar-refractivity contribution in [3.05, 3.63) is 111 Å². The third kappa shape index (κ3) is 5.47. The Labute approximate surface area is 221 Å². The van der Waals surface area contributed by atoms with E-state index in [0.29, 0.717) is 12.3 Å². The standard InChI is InChI=1S/C30H30N2O4S/c1-21-6-3-4-8-25(21)30-26-14-17-37-27(26)13-15-32(30)29(34)20-31(19-24-7-5-16-36-24)28(33)18-22-9-11-23(35-2)12-10-22/h3-12,14,16-17,30H,13,15,18-20H2,1-2H3. The van der Waals surface area contributed by atoms with Gasteiger partial charge in [-0.15, -0.1) is 11.3 Å². The first kappa shape index (κ1) is 24.8. The minimum atomic E-state index is -0.161. The van der Waals surface area contributed by atoms with Crippen LogP contribution in [-0.2, 0) is 29.0 Å². The van der Waals surface area contributed by atoms with Crippen LogP contribution in [0.1, 0.15) is 38.9 Å². The maximum absolute atomic E-state index is 13.9. The smallest absolute Gasteiger partial charge is 0.243 e. The number of benzene rings is 2. The van der Waals surface area contributed by atoms with Gasteiger partial charge in [-0.3, -0.25) is 9.59 Å². The molecule has 1 aliphatic rings. The van der Waals surface area contributed by atoms with E-state index in [0.717, 1.165) is 28.9 Å². The maximum atomic E-state index is 13.9. The van der Waals surface area contributed by atoms with E-state index in [4.69, 9.17) is 9.15 Å². The van der Waals surface area contributed by atoms with E-state index in [1.165, 1.54) is 10.4 Å². The van der Waals surface area contributed by atoms with Gasteiger partial charge >= 0.3 is 0 Å². The Morgan fingerprint density at radius 3 is 2.59 bits per heavy atom. The number of ether oxygens (including phenoxy) is 1. The molecule has 37 heavy (non-hydrogen) atoms. The summed E-state index contributed by atoms with van der Waals surface area (Å²) in [4.78, 5) is 32.2. The third-order valence-corrected chi connectivity index (χ3v) is 7.89. The second-order valence-electron chi connectivity index (χ2n) is 9.25. The summed E-state index contributed by atoms with van der Waals surface area (Å²) in [6.07, 6.45) is 2.59. The number of carbonyl (C=O) groups is 2. The molecule has 0 bridgehead atoms. The number of hydrogen-bond acceptors (Lipinski definition) is 5. The zero-order valence-electron chi connectivity index (χ0n) is 21.1. The molecule has 0 radical (unpaired) electrons. The van der Waals surface area contributed by atoms with Gasteiger partial charge in [0.2, 0.25) is 11.8 Å². The van der Waals surface area contributed by atoms with Crippen LogP contribution in [-0.4, -0.2) is 41.8 Å². The fourth-order valence-electron chi connectivity index (χ4n) is 4.92. The van der Waals surface area contributed by atoms with E-state index in [-0.39, 0.29) is 37.4 Å². The summed E-state index contributed by atoms with van der Waals surface area (Å²) in [6.45, 7) is 2.92. The van der Waals surface area contributed by atoms with Gasteiger partial charge in [-0.2, -0.15) is 0 Å². The monoisotopic (exact) mass is 514 g/mol. The van der Waals surface area contributed by atoms with Crippen LogP contribution in [0, 0.1) is 6.92 Å². The van der Waals surface area contributed by atoms with Gasteiger partial charge in [-0.1, -0.05) is 36.4 Å². The zero-order chi connectivity index (χ0) is 25.8. The third-order valence-electron chi connectivity index (χ3n) is 6.89. The van der Waals surface area contributed by atoms with Gasteiger partial charge in [0.05, 0.1) is 32.4 Å². The van der Waals surface area contributed by atoms with Crippen LogP contribution in [0.2, 0.25) is 0 Å². The Hall–Kier alpha value is -3.84. The molecule has 5 rings (SSSR count). The van der Waals surface area contributed by atoms with E-state index in [1.54, 1.807) is 35.7 Å². The maximum Gasteiger partial charge on any atom is 0.243 e. The highest BCUT2D eigenvalue weighted by atomic mass is 32.1. The number of thiophene rings is 1. The first-order valence-corrected chi connectivity index (χ1v) is 13.3. The summed E-state index contributed by atoms with van der Waals surface area (Å²) < 4.78 is 10.8. The first-order valence-electron chi connectivity index (χ1n) is 12.4. The molecule has 0 spiro atoms. The topological polar surface area (TPSA) is 63.0 Å². The highest BCUT2D eigenvalue weighted by Gasteiger charge is 2.34. The van der Waals surface area contributed by atoms with Crippen LogP contribution in [0.15, 0.2) is 82.8 Å². The summed E-state index contributed by atoms with van der Waals surface area (Å²) in [5, 5.41) is 2.10. The minimum absolute atomic E-state index is 0.0163. The molecule has 2 amide bonds. The molecule has 0 fully saturated rings. The lowest BCUT2D eigenvalue weighted by atomic mass is 9.90. The molecular weight excluding hydrogens is 484 g/mol. The van der Waals surface area contributed by atoms with Crippen molar-refractivity contribution in [1.29, 1.82) is 0 Å². The van der Waals surface area contributed by atoms with Crippen molar-refractivity contribution in [2.24, 2.45) is 0 Å². The van der Waals surface area contributed by atoms with E-state index in [1.807, 2.05) is 47.4 Å². The highest BCUT2D eigenvalue weighted by molar-refractivity contribution is 7.10. The Kier molecular flexibility index (Phi) is 7.42. The zero-order valence-corrected chi connectivity index (χ0v) is 21.9. The van der Waals surface area contributed by atoms with Gasteiger partial charge in [0.1, 0.15) is 18.1 Å². The molecule has 0 saturated heterocycles. The number of nitrogens with zero attached hydrogens (tertiary/aromatic N) is 2. The average Bonchev–Trinajstić information content (AvgIpc) is 3.61. The Balaban J connectivity index is 1.40. The Morgan fingerprint density at radius 2 is 1.86 bits per heavy atom. The van der Waals surface area contributed by atoms with E-state index in [2.05, 4.69) is 30.5 Å². The lowest BCUT2D eigenvalue weighted by Gasteiger charge is -2.38. The van der Waals surface area contributed by atoms with Gasteiger partial charge in [0.25, 0.3) is 0 Å². The SMILES string of the molecule is COc1ccc(CC(=O)N(CC(=O)N2CCc3sccc3C2c2ccccc2C)Cc2ccco2)cc1. The summed E-state index contributed by atoms with van der Waals surface area (Å²) in [6, 6.07) is 21.2. The molecule has 2 aromatic heterocycles. The molecule has 2 aromatic carbocycles. The largest absolute Gasteiger partial charge is 0.497 e. The molecule has 0 saturated carbocycles. The van der Waals surface area contributed by atoms with Gasteiger partial charge < -0.3 is 19.0 Å². The minimum Gasteiger partial charge on any atom is -0.497 e. The molecule has 7 heteroatoms. The molecule has 1 aliphatic heterocycles. The summed E-state index contributed by atoms with van der Waals surface area (Å²) in [5.41, 5.74) is 4.31. The van der Waals surface area contributed by atoms with Crippen molar-refractivity contribution < 1.29 is 18.7 Å². The average molecular weight is 515 g/mol. The fourth-order valence-corrected chi connectivity index (χ4v) is 5.82. The Bertz CT molecular complexity index is 1360. The normalized spacial score (nSPS) is 14.8. The second-order valence-corrected chi connectivity index (χ2v) is 10.3. The van der Waals surface area contributed by atoms with Crippen molar-refractivity contribution in [3.8, 4) is 5.75 Å². The molecule has 0 N–H and O–H groups in total. The second kappa shape index (κ2) is 11.0. The lowest BCUT2D eigenvalue weighted by Crippen LogP contribution is -2.47. The van der Waals surface area contributed by atoms with Crippen LogP contribution >= 0.6 is 11.3 Å². The van der Waals surface area contributed by atoms with Crippen LogP contribution < -0.4 is 4.74 Å². The molecule has 190 valence electrons. The number of methoxy groups -OCH3 is 1. The van der Waals surface area contributed by atoms with E-state index < -0.39 is 0 Å². The molecule has 4 aromatic rings. The summed E-state index contributed by atoms with van der Waals surface area (Å²) >= 11 is 1.74. The van der Waals surface area contributed by atoms with Gasteiger partial charge in [0, 0.05) is 11.4 Å². The molecule has 3 heterocycles. The molecule has 0 aliphatic carbocycles. The van der Waals surface area contributed by atoms with Crippen LogP contribution in [0.3, 0.4) is 0 Å². The molecule has 1 atom stereocenters. The number of carbonyl (C=O) groups excluding carboxylic acids is 2. The fraction of sp³-hybridized carbons (Fsp3) is 0.267. The predicted octanol–water partition coefficient (Wildman–Crippen LogP) is 5.40. The Morgan fingerprint density at radius 1 is 1.05 bits per heavy atom. The van der Waals surface area contributed by atoms with Crippen molar-refractivity contribution in [1.82, 2.24) is 9.80 Å². The van der Waals surface area contributed by atoms with Crippen LogP contribution in [0.5, 0.6) is 5.75 Å². The highest BCUT2D eigenvalue weighted by Crippen LogP contribution is 2.39. The number of fused-ring (bicyclic) bond motifs is 1. The first-order chi connectivity index (χ1) is 18.0. The number of aryl methyl sites for hydroxylation is 1. The van der Waals surface area contributed by atoms with Crippen molar-refractivity contribution in [2.75, 3.05) is 20.2 Å². The van der Waals surface area contributed by atoms with E-state index >= 15 is 0 Å². The molecule has 6 nitrogen and oxygen atoms in total. The van der Waals surface area contributed by atoms with Gasteiger partial charge in [-0.25, -0.2) is 0 Å². The molecule has 1 unspecified atom stereocenters. The van der Waals surface area contributed by atoms with Crippen molar-refractivity contribution in [3.63, 3.8) is 0 Å². The quantitative estimate of drug-likeness (QED) is 0.316. The van der Waals surface area contributed by atoms with Crippen molar-refractivity contribution in [2.45, 2.75) is 32.4 Å². The number of rotatable bonds is 8. The number of hydrogen-bond donors (Lipinski definition) is 0. The van der Waals surface area contributed by atoms with E-state index in [9.17, 15) is 9.59 Å². The van der Waals surface area contributed by atoms with Gasteiger partial charge in [-0.05, 0) is 71.3 Å². The molecular formula is C30H30N2O4S. The summed E-state index contributed by atoms with van der Waals surface area (Å²) in [7, 11) is 1.61. The van der Waals surface area contributed by atoms with Gasteiger partial charge in [0.15, 0.2) is 0 Å².